The van der Waals surface area contributed by atoms with Gasteiger partial charge in [-0.15, -0.1) is 0 Å². The van der Waals surface area contributed by atoms with Crippen molar-refractivity contribution < 1.29 is 14.6 Å². The second-order valence-electron chi connectivity index (χ2n) is 7.34. The lowest BCUT2D eigenvalue weighted by molar-refractivity contribution is -0.135. The summed E-state index contributed by atoms with van der Waals surface area (Å²) in [6.07, 6.45) is 9.40. The molecule has 23 heavy (non-hydrogen) atoms. The van der Waals surface area contributed by atoms with E-state index < -0.39 is 6.10 Å². The fourth-order valence-electron chi connectivity index (χ4n) is 3.85. The Kier molecular flexibility index (Phi) is 6.23. The maximum absolute atomic E-state index is 12.0. The number of cyclic esters (lactones) is 1. The first kappa shape index (κ1) is 18.0. The first-order chi connectivity index (χ1) is 10.9. The monoisotopic (exact) mass is 318 g/mol. The minimum Gasteiger partial charge on any atom is -0.462 e. The highest BCUT2D eigenvalue weighted by Gasteiger charge is 2.41. The average molecular weight is 318 g/mol. The van der Waals surface area contributed by atoms with Crippen LogP contribution in [0.25, 0.3) is 0 Å². The standard InChI is InChI=1S/C20H30O3/c1-13(2)7-5-9-15(4)19-17-12-23-20(22)16(17)10-6-8-14(3)11-18(19)21/h7-8,10,15,17-19,21H,5-6,9,11-12H2,1-4H3/b14-8+,16-10?/t15-,17-,18-,19+/m1/s1. The van der Waals surface area contributed by atoms with Crippen molar-refractivity contribution in [2.24, 2.45) is 17.8 Å². The van der Waals surface area contributed by atoms with Crippen molar-refractivity contribution in [3.63, 3.8) is 0 Å². The van der Waals surface area contributed by atoms with Crippen LogP contribution in [0, 0.1) is 17.8 Å². The molecule has 0 unspecified atom stereocenters. The molecular weight excluding hydrogens is 288 g/mol. The van der Waals surface area contributed by atoms with E-state index in [-0.39, 0.29) is 17.8 Å². The molecule has 1 N–H and O–H groups in total. The molecule has 0 spiro atoms. The summed E-state index contributed by atoms with van der Waals surface area (Å²) >= 11 is 0. The molecule has 4 atom stereocenters. The molecule has 1 heterocycles. The lowest BCUT2D eigenvalue weighted by Gasteiger charge is -2.32. The van der Waals surface area contributed by atoms with E-state index in [4.69, 9.17) is 4.74 Å². The Morgan fingerprint density at radius 2 is 2.17 bits per heavy atom. The maximum atomic E-state index is 12.0. The number of carbonyl (C=O) groups is 1. The van der Waals surface area contributed by atoms with Gasteiger partial charge in [0.2, 0.25) is 0 Å². The highest BCUT2D eigenvalue weighted by molar-refractivity contribution is 5.91. The third-order valence-corrected chi connectivity index (χ3v) is 5.10. The summed E-state index contributed by atoms with van der Waals surface area (Å²) in [5.41, 5.74) is 3.30. The third kappa shape index (κ3) is 4.57. The molecule has 1 aliphatic heterocycles. The zero-order chi connectivity index (χ0) is 17.0. The number of aliphatic hydroxyl groups excluding tert-OH is 1. The van der Waals surface area contributed by atoms with Gasteiger partial charge < -0.3 is 9.84 Å². The van der Waals surface area contributed by atoms with Gasteiger partial charge in [0.05, 0.1) is 12.7 Å². The van der Waals surface area contributed by atoms with Crippen LogP contribution < -0.4 is 0 Å². The molecule has 1 saturated heterocycles. The predicted molar refractivity (Wildman–Crippen MR) is 92.8 cm³/mol. The van der Waals surface area contributed by atoms with Gasteiger partial charge in [-0.05, 0) is 58.3 Å². The van der Waals surface area contributed by atoms with Gasteiger partial charge in [0.1, 0.15) is 0 Å². The molecule has 128 valence electrons. The molecule has 0 aromatic heterocycles. The normalized spacial score (nSPS) is 31.5. The van der Waals surface area contributed by atoms with Gasteiger partial charge in [-0.3, -0.25) is 0 Å². The molecular formula is C20H30O3. The Bertz CT molecular complexity index is 523. The van der Waals surface area contributed by atoms with Gasteiger partial charge in [-0.25, -0.2) is 4.79 Å². The number of carbonyl (C=O) groups excluding carboxylic acids is 1. The highest BCUT2D eigenvalue weighted by Crippen LogP contribution is 2.39. The van der Waals surface area contributed by atoms with E-state index in [0.29, 0.717) is 18.9 Å². The molecule has 0 radical (unpaired) electrons. The number of ether oxygens (including phenoxy) is 1. The van der Waals surface area contributed by atoms with Crippen molar-refractivity contribution in [1.82, 2.24) is 0 Å². The van der Waals surface area contributed by atoms with Crippen LogP contribution in [-0.2, 0) is 9.53 Å². The summed E-state index contributed by atoms with van der Waals surface area (Å²) in [6.45, 7) is 8.89. The van der Waals surface area contributed by atoms with Crippen LogP contribution in [0.5, 0.6) is 0 Å². The van der Waals surface area contributed by atoms with Crippen LogP contribution in [0.3, 0.4) is 0 Å². The quantitative estimate of drug-likeness (QED) is 0.624. The first-order valence-electron chi connectivity index (χ1n) is 8.74. The zero-order valence-electron chi connectivity index (χ0n) is 14.8. The smallest absolute Gasteiger partial charge is 0.334 e. The Hall–Kier alpha value is -1.35. The van der Waals surface area contributed by atoms with E-state index in [9.17, 15) is 9.90 Å². The Morgan fingerprint density at radius 1 is 1.43 bits per heavy atom. The minimum atomic E-state index is -0.422. The zero-order valence-corrected chi connectivity index (χ0v) is 14.8. The Balaban J connectivity index is 2.23. The molecule has 0 bridgehead atoms. The van der Waals surface area contributed by atoms with Gasteiger partial charge in [-0.2, -0.15) is 0 Å². The Labute approximate surface area is 140 Å². The second-order valence-corrected chi connectivity index (χ2v) is 7.34. The molecule has 3 nitrogen and oxygen atoms in total. The van der Waals surface area contributed by atoms with Crippen molar-refractivity contribution >= 4 is 5.97 Å². The average Bonchev–Trinajstić information content (AvgIpc) is 2.82. The van der Waals surface area contributed by atoms with Crippen LogP contribution in [0.1, 0.15) is 53.4 Å². The fraction of sp³-hybridized carbons (Fsp3) is 0.650. The third-order valence-electron chi connectivity index (χ3n) is 5.10. The molecule has 0 saturated carbocycles. The van der Waals surface area contributed by atoms with Crippen LogP contribution >= 0.6 is 0 Å². The number of hydrogen-bond acceptors (Lipinski definition) is 3. The van der Waals surface area contributed by atoms with Gasteiger partial charge in [0, 0.05) is 11.5 Å². The van der Waals surface area contributed by atoms with E-state index >= 15 is 0 Å². The van der Waals surface area contributed by atoms with Crippen molar-refractivity contribution in [3.05, 3.63) is 34.9 Å². The van der Waals surface area contributed by atoms with Crippen LogP contribution in [0.15, 0.2) is 34.9 Å². The Morgan fingerprint density at radius 3 is 2.87 bits per heavy atom. The van der Waals surface area contributed by atoms with Crippen molar-refractivity contribution in [3.8, 4) is 0 Å². The van der Waals surface area contributed by atoms with E-state index in [2.05, 4.69) is 39.8 Å². The lowest BCUT2D eigenvalue weighted by Crippen LogP contribution is -2.34. The summed E-state index contributed by atoms with van der Waals surface area (Å²) in [5, 5.41) is 10.8. The van der Waals surface area contributed by atoms with E-state index in [1.807, 2.05) is 6.08 Å². The maximum Gasteiger partial charge on any atom is 0.334 e. The van der Waals surface area contributed by atoms with Crippen molar-refractivity contribution in [2.45, 2.75) is 59.5 Å². The van der Waals surface area contributed by atoms with Gasteiger partial charge in [0.25, 0.3) is 0 Å². The SMILES string of the molecule is CC(C)=CCC[C@@H](C)[C@@H]1[C@H](O)C/C(C)=C/CC=C2C(=O)OC[C@H]21. The molecule has 0 amide bonds. The number of hydrogen-bond donors (Lipinski definition) is 1. The molecule has 2 aliphatic rings. The molecule has 0 aromatic carbocycles. The molecule has 0 aromatic rings. The molecule has 1 fully saturated rings. The number of aliphatic hydroxyl groups is 1. The van der Waals surface area contributed by atoms with E-state index in [1.165, 1.54) is 11.1 Å². The number of fused-ring (bicyclic) bond motifs is 1. The van der Waals surface area contributed by atoms with E-state index in [0.717, 1.165) is 24.8 Å². The van der Waals surface area contributed by atoms with Gasteiger partial charge in [0.15, 0.2) is 0 Å². The summed E-state index contributed by atoms with van der Waals surface area (Å²) < 4.78 is 5.30. The largest absolute Gasteiger partial charge is 0.462 e. The number of allylic oxidation sites excluding steroid dienone is 4. The number of esters is 1. The predicted octanol–water partition coefficient (Wildman–Crippen LogP) is 4.19. The number of rotatable bonds is 4. The second kappa shape index (κ2) is 7.96. The topological polar surface area (TPSA) is 46.5 Å². The lowest BCUT2D eigenvalue weighted by atomic mass is 9.73. The highest BCUT2D eigenvalue weighted by atomic mass is 16.5. The molecule has 2 rings (SSSR count). The fourth-order valence-corrected chi connectivity index (χ4v) is 3.85. The summed E-state index contributed by atoms with van der Waals surface area (Å²) in [4.78, 5) is 12.0. The van der Waals surface area contributed by atoms with Gasteiger partial charge in [-0.1, -0.05) is 36.3 Å². The van der Waals surface area contributed by atoms with E-state index in [1.54, 1.807) is 0 Å². The molecule has 3 heteroatoms. The van der Waals surface area contributed by atoms with Crippen LogP contribution in [-0.4, -0.2) is 23.8 Å². The van der Waals surface area contributed by atoms with Crippen molar-refractivity contribution in [2.75, 3.05) is 6.61 Å². The summed E-state index contributed by atoms with van der Waals surface area (Å²) in [7, 11) is 0. The minimum absolute atomic E-state index is 0.0264. The van der Waals surface area contributed by atoms with Crippen LogP contribution in [0.2, 0.25) is 0 Å². The van der Waals surface area contributed by atoms with Gasteiger partial charge >= 0.3 is 5.97 Å². The molecule has 1 aliphatic carbocycles. The van der Waals surface area contributed by atoms with Crippen LogP contribution in [0.4, 0.5) is 0 Å². The summed E-state index contributed by atoms with van der Waals surface area (Å²) in [6, 6.07) is 0. The summed E-state index contributed by atoms with van der Waals surface area (Å²) in [5.74, 6) is 0.240. The first-order valence-corrected chi connectivity index (χ1v) is 8.74. The van der Waals surface area contributed by atoms with Crippen molar-refractivity contribution in [1.29, 1.82) is 0 Å².